The average molecular weight is 382 g/mol. The molecule has 0 heterocycles. The highest BCUT2D eigenvalue weighted by atomic mass is 35.5. The molecule has 7 heteroatoms. The first kappa shape index (κ1) is 19.8. The summed E-state index contributed by atoms with van der Waals surface area (Å²) in [6.45, 7) is 3.06. The van der Waals surface area contributed by atoms with E-state index in [1.54, 1.807) is 19.1 Å². The Hall–Kier alpha value is -2.47. The lowest BCUT2D eigenvalue weighted by Crippen LogP contribution is -2.24. The van der Waals surface area contributed by atoms with Gasteiger partial charge in [-0.25, -0.2) is 4.39 Å². The van der Waals surface area contributed by atoms with Gasteiger partial charge in [0.05, 0.1) is 18.2 Å². The highest BCUT2D eigenvalue weighted by Crippen LogP contribution is 2.35. The topological polar surface area (TPSA) is 67.8 Å². The van der Waals surface area contributed by atoms with Crippen molar-refractivity contribution < 1.29 is 23.8 Å². The van der Waals surface area contributed by atoms with Gasteiger partial charge in [-0.05, 0) is 56.2 Å². The first-order valence-corrected chi connectivity index (χ1v) is 8.71. The van der Waals surface area contributed by atoms with Gasteiger partial charge >= 0.3 is 0 Å². The van der Waals surface area contributed by atoms with Crippen molar-refractivity contribution in [2.24, 2.45) is 0 Å². The summed E-state index contributed by atoms with van der Waals surface area (Å²) in [5.74, 6) is 0.00711. The Morgan fingerprint density at radius 2 is 1.92 bits per heavy atom. The molecule has 2 N–H and O–H groups in total. The van der Waals surface area contributed by atoms with Crippen molar-refractivity contribution in [1.29, 1.82) is 0 Å². The third kappa shape index (κ3) is 5.81. The van der Waals surface area contributed by atoms with Gasteiger partial charge in [0, 0.05) is 12.1 Å². The molecule has 0 atom stereocenters. The quantitative estimate of drug-likeness (QED) is 0.639. The minimum Gasteiger partial charge on any atom is -0.503 e. The van der Waals surface area contributed by atoms with E-state index in [4.69, 9.17) is 21.1 Å². The van der Waals surface area contributed by atoms with Crippen LogP contribution in [0.25, 0.3) is 0 Å². The van der Waals surface area contributed by atoms with Crippen LogP contribution in [0.2, 0.25) is 5.02 Å². The Kier molecular flexibility index (Phi) is 7.53. The number of nitrogens with one attached hydrogen (secondary N) is 1. The van der Waals surface area contributed by atoms with E-state index in [2.05, 4.69) is 5.32 Å². The van der Waals surface area contributed by atoms with E-state index in [1.807, 2.05) is 0 Å². The van der Waals surface area contributed by atoms with Gasteiger partial charge in [0.15, 0.2) is 11.5 Å². The molecule has 0 radical (unpaired) electrons. The highest BCUT2D eigenvalue weighted by Gasteiger charge is 2.14. The van der Waals surface area contributed by atoms with Crippen molar-refractivity contribution in [2.75, 3.05) is 19.8 Å². The van der Waals surface area contributed by atoms with Crippen LogP contribution in [0.5, 0.6) is 17.2 Å². The molecule has 2 aromatic carbocycles. The fraction of sp³-hybridized carbons (Fsp3) is 0.316. The average Bonchev–Trinajstić information content (AvgIpc) is 2.63. The predicted molar refractivity (Wildman–Crippen MR) is 97.7 cm³/mol. The number of rotatable bonds is 9. The minimum atomic E-state index is -0.304. The maximum absolute atomic E-state index is 12.8. The molecule has 0 unspecified atom stereocenters. The number of benzene rings is 2. The number of hydrogen-bond donors (Lipinski definition) is 2. The summed E-state index contributed by atoms with van der Waals surface area (Å²) in [5, 5.41) is 12.6. The van der Waals surface area contributed by atoms with Crippen molar-refractivity contribution in [3.8, 4) is 17.2 Å². The summed E-state index contributed by atoms with van der Waals surface area (Å²) in [7, 11) is 0. The lowest BCUT2D eigenvalue weighted by atomic mass is 10.2. The zero-order valence-corrected chi connectivity index (χ0v) is 15.2. The molecule has 140 valence electrons. The normalized spacial score (nSPS) is 10.4. The Labute approximate surface area is 156 Å². The zero-order valence-electron chi connectivity index (χ0n) is 14.4. The van der Waals surface area contributed by atoms with Gasteiger partial charge in [-0.15, -0.1) is 0 Å². The highest BCUT2D eigenvalue weighted by molar-refractivity contribution is 6.32. The van der Waals surface area contributed by atoms with Crippen LogP contribution in [0, 0.1) is 5.82 Å². The van der Waals surface area contributed by atoms with Crippen LogP contribution in [0.4, 0.5) is 4.39 Å². The second-order valence-corrected chi connectivity index (χ2v) is 5.91. The molecule has 0 spiro atoms. The van der Waals surface area contributed by atoms with E-state index in [9.17, 15) is 14.3 Å². The largest absolute Gasteiger partial charge is 0.503 e. The van der Waals surface area contributed by atoms with E-state index in [1.165, 1.54) is 24.3 Å². The number of phenols is 1. The van der Waals surface area contributed by atoms with Crippen molar-refractivity contribution >= 4 is 17.5 Å². The second kappa shape index (κ2) is 9.87. The predicted octanol–water partition coefficient (Wildman–Crippen LogP) is 4.17. The maximum atomic E-state index is 12.8. The van der Waals surface area contributed by atoms with Crippen LogP contribution in [0.15, 0.2) is 36.4 Å². The van der Waals surface area contributed by atoms with Gasteiger partial charge in [-0.2, -0.15) is 0 Å². The molecular weight excluding hydrogens is 361 g/mol. The van der Waals surface area contributed by atoms with Crippen LogP contribution in [0.1, 0.15) is 30.1 Å². The van der Waals surface area contributed by atoms with Crippen LogP contribution in [0.3, 0.4) is 0 Å². The van der Waals surface area contributed by atoms with Gasteiger partial charge in [-0.3, -0.25) is 4.79 Å². The molecule has 2 rings (SSSR count). The van der Waals surface area contributed by atoms with E-state index in [0.29, 0.717) is 31.1 Å². The summed E-state index contributed by atoms with van der Waals surface area (Å²) in [5.41, 5.74) is 0.318. The van der Waals surface area contributed by atoms with Crippen molar-refractivity contribution in [2.45, 2.75) is 19.8 Å². The number of carbonyl (C=O) groups excluding carboxylic acids is 1. The first-order valence-electron chi connectivity index (χ1n) is 8.33. The van der Waals surface area contributed by atoms with Gasteiger partial charge < -0.3 is 19.9 Å². The molecule has 0 saturated heterocycles. The Morgan fingerprint density at radius 3 is 2.62 bits per heavy atom. The molecule has 0 aliphatic heterocycles. The standard InChI is InChI=1S/C19H21ClFNO4/c1-2-25-17-12-13(11-16(20)18(17)23)19(24)22-9-3-4-10-26-15-7-5-14(21)6-8-15/h5-8,11-12,23H,2-4,9-10H2,1H3,(H,22,24). The molecule has 0 bridgehead atoms. The lowest BCUT2D eigenvalue weighted by Gasteiger charge is -2.11. The van der Waals surface area contributed by atoms with E-state index in [-0.39, 0.29) is 28.2 Å². The van der Waals surface area contributed by atoms with Gasteiger partial charge in [0.2, 0.25) is 0 Å². The van der Waals surface area contributed by atoms with Crippen molar-refractivity contribution in [3.63, 3.8) is 0 Å². The molecule has 0 aliphatic rings. The fourth-order valence-electron chi connectivity index (χ4n) is 2.22. The van der Waals surface area contributed by atoms with Crippen LogP contribution < -0.4 is 14.8 Å². The van der Waals surface area contributed by atoms with Crippen molar-refractivity contribution in [1.82, 2.24) is 5.32 Å². The number of amides is 1. The summed E-state index contributed by atoms with van der Waals surface area (Å²) < 4.78 is 23.5. The van der Waals surface area contributed by atoms with Gasteiger partial charge in [-0.1, -0.05) is 11.6 Å². The summed E-state index contributed by atoms with van der Waals surface area (Å²) in [4.78, 5) is 12.2. The minimum absolute atomic E-state index is 0.0637. The molecule has 0 aliphatic carbocycles. The number of ether oxygens (including phenoxy) is 2. The molecule has 1 amide bonds. The third-order valence-electron chi connectivity index (χ3n) is 3.53. The van der Waals surface area contributed by atoms with E-state index >= 15 is 0 Å². The fourth-order valence-corrected chi connectivity index (χ4v) is 2.43. The van der Waals surface area contributed by atoms with Crippen LogP contribution >= 0.6 is 11.6 Å². The molecule has 0 fully saturated rings. The Bertz CT molecular complexity index is 737. The second-order valence-electron chi connectivity index (χ2n) is 5.50. The third-order valence-corrected chi connectivity index (χ3v) is 3.82. The molecular formula is C19H21ClFNO4. The lowest BCUT2D eigenvalue weighted by molar-refractivity contribution is 0.0952. The monoisotopic (exact) mass is 381 g/mol. The number of unbranched alkanes of at least 4 members (excludes halogenated alkanes) is 1. The van der Waals surface area contributed by atoms with E-state index in [0.717, 1.165) is 12.8 Å². The SMILES string of the molecule is CCOc1cc(C(=O)NCCCCOc2ccc(F)cc2)cc(Cl)c1O. The summed E-state index contributed by atoms with van der Waals surface area (Å²) in [6.07, 6.45) is 1.45. The van der Waals surface area contributed by atoms with Crippen molar-refractivity contribution in [3.05, 3.63) is 52.8 Å². The first-order chi connectivity index (χ1) is 12.5. The molecule has 0 aromatic heterocycles. The molecule has 2 aromatic rings. The molecule has 0 saturated carbocycles. The Morgan fingerprint density at radius 1 is 1.19 bits per heavy atom. The van der Waals surface area contributed by atoms with Crippen LogP contribution in [-0.4, -0.2) is 30.8 Å². The smallest absolute Gasteiger partial charge is 0.251 e. The number of hydrogen-bond acceptors (Lipinski definition) is 4. The number of aromatic hydroxyl groups is 1. The summed E-state index contributed by atoms with van der Waals surface area (Å²) >= 11 is 5.92. The number of phenolic OH excluding ortho intramolecular Hbond substituents is 1. The molecule has 5 nitrogen and oxygen atoms in total. The maximum Gasteiger partial charge on any atom is 0.251 e. The van der Waals surface area contributed by atoms with E-state index < -0.39 is 0 Å². The number of carbonyl (C=O) groups is 1. The number of halogens is 2. The van der Waals surface area contributed by atoms with Gasteiger partial charge in [0.1, 0.15) is 11.6 Å². The molecule has 26 heavy (non-hydrogen) atoms. The van der Waals surface area contributed by atoms with Crippen LogP contribution in [-0.2, 0) is 0 Å². The zero-order chi connectivity index (χ0) is 18.9. The summed E-state index contributed by atoms with van der Waals surface area (Å²) in [6, 6.07) is 8.68. The Balaban J connectivity index is 1.74. The van der Waals surface area contributed by atoms with Gasteiger partial charge in [0.25, 0.3) is 5.91 Å².